The van der Waals surface area contributed by atoms with Gasteiger partial charge in [-0.3, -0.25) is 0 Å². The van der Waals surface area contributed by atoms with E-state index < -0.39 is 10.0 Å². The van der Waals surface area contributed by atoms with E-state index in [1.165, 1.54) is 0 Å². The maximum Gasteiger partial charge on any atom is 0.218 e. The molecule has 3 atom stereocenters. The monoisotopic (exact) mass is 325 g/mol. The lowest BCUT2D eigenvalue weighted by atomic mass is 10.0. The van der Waals surface area contributed by atoms with Gasteiger partial charge in [-0.05, 0) is 24.8 Å². The molecule has 0 amide bonds. The lowest BCUT2D eigenvalue weighted by molar-refractivity contribution is -0.0872. The highest BCUT2D eigenvalue weighted by molar-refractivity contribution is 7.88. The highest BCUT2D eigenvalue weighted by atomic mass is 32.2. The van der Waals surface area contributed by atoms with E-state index in [4.69, 9.17) is 9.47 Å². The molecule has 5 nitrogen and oxygen atoms in total. The molecule has 0 aliphatic carbocycles. The van der Waals surface area contributed by atoms with E-state index in [0.717, 1.165) is 24.8 Å². The molecule has 2 aliphatic heterocycles. The smallest absolute Gasteiger partial charge is 0.218 e. The largest absolute Gasteiger partial charge is 0.382 e. The predicted molar refractivity (Wildman–Crippen MR) is 83.9 cm³/mol. The minimum Gasteiger partial charge on any atom is -0.382 e. The fraction of sp³-hybridized carbons (Fsp3) is 0.625. The highest BCUT2D eigenvalue weighted by Crippen LogP contribution is 2.34. The number of benzene rings is 1. The van der Waals surface area contributed by atoms with Crippen LogP contribution in [0.15, 0.2) is 30.3 Å². The molecule has 22 heavy (non-hydrogen) atoms. The van der Waals surface area contributed by atoms with Gasteiger partial charge in [0.1, 0.15) is 0 Å². The average molecular weight is 325 g/mol. The first kappa shape index (κ1) is 15.9. The molecular formula is C16H23NO4S. The van der Waals surface area contributed by atoms with Gasteiger partial charge in [-0.25, -0.2) is 8.42 Å². The fourth-order valence-corrected chi connectivity index (χ4v) is 5.30. The van der Waals surface area contributed by atoms with E-state index in [1.54, 1.807) is 11.4 Å². The lowest BCUT2D eigenvalue weighted by Crippen LogP contribution is -2.46. The van der Waals surface area contributed by atoms with Crippen LogP contribution in [0.2, 0.25) is 0 Å². The Morgan fingerprint density at radius 1 is 1.23 bits per heavy atom. The number of nitrogens with zero attached hydrogens (tertiary/aromatic N) is 1. The van der Waals surface area contributed by atoms with Crippen LogP contribution >= 0.6 is 0 Å². The van der Waals surface area contributed by atoms with Crippen molar-refractivity contribution in [3.63, 3.8) is 0 Å². The Morgan fingerprint density at radius 3 is 2.73 bits per heavy atom. The van der Waals surface area contributed by atoms with Crippen LogP contribution in [0.25, 0.3) is 0 Å². The molecule has 0 aromatic heterocycles. The molecule has 0 bridgehead atoms. The van der Waals surface area contributed by atoms with Crippen molar-refractivity contribution in [1.82, 2.24) is 4.31 Å². The zero-order valence-corrected chi connectivity index (χ0v) is 13.7. The van der Waals surface area contributed by atoms with Gasteiger partial charge in [-0.2, -0.15) is 4.31 Å². The summed E-state index contributed by atoms with van der Waals surface area (Å²) in [6, 6.07) is 9.34. The molecular weight excluding hydrogens is 302 g/mol. The summed E-state index contributed by atoms with van der Waals surface area (Å²) in [5.74, 6) is 0.0680. The molecule has 1 aromatic carbocycles. The van der Waals surface area contributed by atoms with E-state index in [2.05, 4.69) is 0 Å². The number of rotatable bonds is 5. The second-order valence-electron chi connectivity index (χ2n) is 6.04. The molecule has 2 saturated heterocycles. The van der Waals surface area contributed by atoms with Crippen LogP contribution in [0.5, 0.6) is 0 Å². The summed E-state index contributed by atoms with van der Waals surface area (Å²) < 4.78 is 38.2. The number of fused-ring (bicyclic) bond motifs is 1. The summed E-state index contributed by atoms with van der Waals surface area (Å²) >= 11 is 0. The minimum absolute atomic E-state index is 0.0122. The van der Waals surface area contributed by atoms with Gasteiger partial charge < -0.3 is 9.47 Å². The summed E-state index contributed by atoms with van der Waals surface area (Å²) in [5, 5.41) is 0. The van der Waals surface area contributed by atoms with Crippen LogP contribution in [0.4, 0.5) is 0 Å². The van der Waals surface area contributed by atoms with Crippen molar-refractivity contribution in [3.05, 3.63) is 35.9 Å². The number of sulfonamides is 1. The van der Waals surface area contributed by atoms with Crippen molar-refractivity contribution in [2.24, 2.45) is 0 Å². The van der Waals surface area contributed by atoms with E-state index in [1.807, 2.05) is 30.3 Å². The Bertz CT molecular complexity index is 589. The molecule has 3 rings (SSSR count). The van der Waals surface area contributed by atoms with E-state index in [0.29, 0.717) is 13.2 Å². The van der Waals surface area contributed by atoms with Crippen molar-refractivity contribution in [2.45, 2.75) is 43.3 Å². The van der Waals surface area contributed by atoms with Gasteiger partial charge in [0, 0.05) is 13.7 Å². The molecule has 6 heteroatoms. The zero-order valence-electron chi connectivity index (χ0n) is 12.8. The van der Waals surface area contributed by atoms with E-state index in [9.17, 15) is 8.42 Å². The van der Waals surface area contributed by atoms with Crippen LogP contribution < -0.4 is 0 Å². The standard InChI is InChI=1S/C16H23NO4S/c1-20-11-14-7-8-15-16(21-14)9-10-17(15)22(18,19)12-13-5-3-2-4-6-13/h2-6,14-16H,7-12H2,1H3/t14-,15-,16-/m0/s1. The molecule has 1 aromatic rings. The molecule has 2 aliphatic rings. The predicted octanol–water partition coefficient (Wildman–Crippen LogP) is 1.78. The van der Waals surface area contributed by atoms with Gasteiger partial charge in [-0.15, -0.1) is 0 Å². The zero-order chi connectivity index (χ0) is 15.6. The van der Waals surface area contributed by atoms with Crippen molar-refractivity contribution >= 4 is 10.0 Å². The fourth-order valence-electron chi connectivity index (χ4n) is 3.48. The Balaban J connectivity index is 1.68. The lowest BCUT2D eigenvalue weighted by Gasteiger charge is -2.35. The summed E-state index contributed by atoms with van der Waals surface area (Å²) in [6.07, 6.45) is 2.60. The van der Waals surface area contributed by atoms with Crippen molar-refractivity contribution in [1.29, 1.82) is 0 Å². The minimum atomic E-state index is -3.29. The first-order valence-corrected chi connectivity index (χ1v) is 9.39. The van der Waals surface area contributed by atoms with E-state index >= 15 is 0 Å². The third-order valence-electron chi connectivity index (χ3n) is 4.49. The number of hydrogen-bond donors (Lipinski definition) is 0. The summed E-state index contributed by atoms with van der Waals surface area (Å²) in [5.41, 5.74) is 0.833. The van der Waals surface area contributed by atoms with Gasteiger partial charge in [0.25, 0.3) is 0 Å². The van der Waals surface area contributed by atoms with Gasteiger partial charge in [-0.1, -0.05) is 30.3 Å². The number of methoxy groups -OCH3 is 1. The molecule has 2 heterocycles. The maximum absolute atomic E-state index is 12.7. The van der Waals surface area contributed by atoms with E-state index in [-0.39, 0.29) is 24.0 Å². The molecule has 0 radical (unpaired) electrons. The second kappa shape index (κ2) is 6.66. The third kappa shape index (κ3) is 3.35. The number of ether oxygens (including phenoxy) is 2. The Hall–Kier alpha value is -0.950. The SMILES string of the molecule is COC[C@@H]1CC[C@H]2[C@H](CCN2S(=O)(=O)Cc2ccccc2)O1. The van der Waals surface area contributed by atoms with Crippen LogP contribution in [0.1, 0.15) is 24.8 Å². The molecule has 2 fully saturated rings. The topological polar surface area (TPSA) is 55.8 Å². The number of hydrogen-bond acceptors (Lipinski definition) is 4. The summed E-state index contributed by atoms with van der Waals surface area (Å²) in [6.45, 7) is 1.14. The van der Waals surface area contributed by atoms with Crippen molar-refractivity contribution in [2.75, 3.05) is 20.3 Å². The second-order valence-corrected chi connectivity index (χ2v) is 7.96. The van der Waals surface area contributed by atoms with Gasteiger partial charge in [0.05, 0.1) is 30.6 Å². The maximum atomic E-state index is 12.7. The Morgan fingerprint density at radius 2 is 2.00 bits per heavy atom. The Labute approximate surface area is 132 Å². The van der Waals surface area contributed by atoms with Crippen LogP contribution in [0.3, 0.4) is 0 Å². The van der Waals surface area contributed by atoms with Gasteiger partial charge >= 0.3 is 0 Å². The summed E-state index contributed by atoms with van der Waals surface area (Å²) in [7, 11) is -1.62. The average Bonchev–Trinajstić information content (AvgIpc) is 2.92. The first-order valence-electron chi connectivity index (χ1n) is 7.78. The van der Waals surface area contributed by atoms with Crippen LogP contribution in [-0.2, 0) is 25.2 Å². The van der Waals surface area contributed by atoms with Gasteiger partial charge in [0.15, 0.2) is 0 Å². The molecule has 0 N–H and O–H groups in total. The summed E-state index contributed by atoms with van der Waals surface area (Å²) in [4.78, 5) is 0. The molecule has 0 unspecified atom stereocenters. The first-order chi connectivity index (χ1) is 10.6. The van der Waals surface area contributed by atoms with Crippen molar-refractivity contribution < 1.29 is 17.9 Å². The van der Waals surface area contributed by atoms with Crippen LogP contribution in [-0.4, -0.2) is 51.2 Å². The normalized spacial score (nSPS) is 29.4. The van der Waals surface area contributed by atoms with Gasteiger partial charge in [0.2, 0.25) is 10.0 Å². The quantitative estimate of drug-likeness (QED) is 0.828. The molecule has 0 spiro atoms. The Kier molecular flexibility index (Phi) is 4.82. The third-order valence-corrected chi connectivity index (χ3v) is 6.35. The van der Waals surface area contributed by atoms with Crippen LogP contribution in [0, 0.1) is 0 Å². The van der Waals surface area contributed by atoms with Crippen molar-refractivity contribution in [3.8, 4) is 0 Å². The molecule has 122 valence electrons. The highest BCUT2D eigenvalue weighted by Gasteiger charge is 2.44. The molecule has 0 saturated carbocycles.